The fourth-order valence-electron chi connectivity index (χ4n) is 3.44. The van der Waals surface area contributed by atoms with Crippen LogP contribution in [0.5, 0.6) is 0 Å². The molecule has 0 saturated carbocycles. The first-order valence-corrected chi connectivity index (χ1v) is 10.3. The summed E-state index contributed by atoms with van der Waals surface area (Å²) in [4.78, 5) is 12.8. The number of carbonyl (C=O) groups is 1. The third-order valence-electron chi connectivity index (χ3n) is 4.91. The van der Waals surface area contributed by atoms with Crippen molar-refractivity contribution in [2.24, 2.45) is 0 Å². The second-order valence-electron chi connectivity index (χ2n) is 6.67. The number of sulfonamides is 1. The van der Waals surface area contributed by atoms with Crippen molar-refractivity contribution in [3.05, 3.63) is 65.2 Å². The molecule has 2 heterocycles. The molecule has 8 heteroatoms. The monoisotopic (exact) mass is 384 g/mol. The van der Waals surface area contributed by atoms with E-state index in [0.717, 1.165) is 24.0 Å². The fourth-order valence-corrected chi connectivity index (χ4v) is 5.01. The second-order valence-corrected chi connectivity index (χ2v) is 8.61. The number of nitrogens with one attached hydrogen (secondary N) is 2. The van der Waals surface area contributed by atoms with Crippen LogP contribution < -0.4 is 5.43 Å². The van der Waals surface area contributed by atoms with Crippen LogP contribution in [0.25, 0.3) is 0 Å². The van der Waals surface area contributed by atoms with Crippen LogP contribution in [-0.4, -0.2) is 42.6 Å². The van der Waals surface area contributed by atoms with Gasteiger partial charge in [0.15, 0.2) is 0 Å². The number of hydrogen-bond donors (Lipinski definition) is 2. The van der Waals surface area contributed by atoms with Crippen molar-refractivity contribution in [1.82, 2.24) is 14.7 Å². The number of amides is 1. The van der Waals surface area contributed by atoms with Gasteiger partial charge in [-0.1, -0.05) is 30.3 Å². The lowest BCUT2D eigenvalue weighted by atomic mass is 10.1. The van der Waals surface area contributed by atoms with Crippen LogP contribution in [0.2, 0.25) is 0 Å². The Morgan fingerprint density at radius 2 is 1.78 bits per heavy atom. The van der Waals surface area contributed by atoms with Gasteiger partial charge in [0.1, 0.15) is 5.84 Å². The molecule has 2 aromatic carbocycles. The molecule has 27 heavy (non-hydrogen) atoms. The molecule has 4 rings (SSSR count). The van der Waals surface area contributed by atoms with Gasteiger partial charge in [-0.2, -0.15) is 4.31 Å². The van der Waals surface area contributed by atoms with Gasteiger partial charge >= 0.3 is 0 Å². The number of nitrogens with zero attached hydrogens (tertiary/aromatic N) is 2. The van der Waals surface area contributed by atoms with E-state index in [1.54, 1.807) is 12.1 Å². The second kappa shape index (κ2) is 6.79. The molecular formula is C19H20N4O3S. The van der Waals surface area contributed by atoms with E-state index in [4.69, 9.17) is 5.41 Å². The maximum atomic E-state index is 12.7. The molecule has 7 nitrogen and oxygen atoms in total. The van der Waals surface area contributed by atoms with E-state index in [1.807, 2.05) is 24.3 Å². The van der Waals surface area contributed by atoms with Gasteiger partial charge < -0.3 is 0 Å². The van der Waals surface area contributed by atoms with Gasteiger partial charge in [0.05, 0.1) is 11.4 Å². The average Bonchev–Trinajstić information content (AvgIpc) is 3.32. The topological polar surface area (TPSA) is 93.6 Å². The molecule has 2 N–H and O–H groups in total. The first kappa shape index (κ1) is 17.7. The maximum Gasteiger partial charge on any atom is 0.269 e. The maximum absolute atomic E-state index is 12.7. The standard InChI is InChI=1S/C19H20N4O3S/c20-18-17-9-2-1-6-15(17)13-23(18)21-19(24)14-7-5-8-16(12-14)27(25,26)22-10-3-4-11-22/h1-2,5-9,12,20H,3-4,10-11,13H2,(H,21,24). The number of benzene rings is 2. The summed E-state index contributed by atoms with van der Waals surface area (Å²) in [6.07, 6.45) is 1.72. The van der Waals surface area contributed by atoms with Crippen LogP contribution in [0.4, 0.5) is 0 Å². The van der Waals surface area contributed by atoms with Gasteiger partial charge in [-0.25, -0.2) is 8.42 Å². The molecule has 0 aliphatic carbocycles. The molecule has 2 aromatic rings. The number of rotatable bonds is 4. The molecule has 2 aliphatic rings. The Bertz CT molecular complexity index is 1010. The van der Waals surface area contributed by atoms with E-state index in [2.05, 4.69) is 5.43 Å². The lowest BCUT2D eigenvalue weighted by Gasteiger charge is -2.19. The molecule has 1 saturated heterocycles. The van der Waals surface area contributed by atoms with Crippen LogP contribution >= 0.6 is 0 Å². The number of hydrogen-bond acceptors (Lipinski definition) is 4. The Morgan fingerprint density at radius 3 is 2.52 bits per heavy atom. The zero-order valence-corrected chi connectivity index (χ0v) is 15.5. The van der Waals surface area contributed by atoms with E-state index < -0.39 is 15.9 Å². The van der Waals surface area contributed by atoms with Crippen molar-refractivity contribution in [3.8, 4) is 0 Å². The van der Waals surface area contributed by atoms with Gasteiger partial charge in [-0.3, -0.25) is 20.6 Å². The molecule has 0 radical (unpaired) electrons. The zero-order chi connectivity index (χ0) is 19.0. The summed E-state index contributed by atoms with van der Waals surface area (Å²) in [6.45, 7) is 1.44. The van der Waals surface area contributed by atoms with Crippen molar-refractivity contribution in [3.63, 3.8) is 0 Å². The van der Waals surface area contributed by atoms with Gasteiger partial charge in [0, 0.05) is 24.2 Å². The van der Waals surface area contributed by atoms with Gasteiger partial charge in [-0.15, -0.1) is 0 Å². The van der Waals surface area contributed by atoms with Crippen molar-refractivity contribution in [2.75, 3.05) is 13.1 Å². The van der Waals surface area contributed by atoms with Crippen LogP contribution in [-0.2, 0) is 16.6 Å². The van der Waals surface area contributed by atoms with E-state index in [9.17, 15) is 13.2 Å². The highest BCUT2D eigenvalue weighted by Gasteiger charge is 2.29. The highest BCUT2D eigenvalue weighted by Crippen LogP contribution is 2.23. The lowest BCUT2D eigenvalue weighted by molar-refractivity contribution is 0.0869. The smallest absolute Gasteiger partial charge is 0.269 e. The summed E-state index contributed by atoms with van der Waals surface area (Å²) in [5, 5.41) is 9.67. The van der Waals surface area contributed by atoms with Gasteiger partial charge in [-0.05, 0) is 36.6 Å². The van der Waals surface area contributed by atoms with E-state index in [1.165, 1.54) is 21.4 Å². The third-order valence-corrected chi connectivity index (χ3v) is 6.80. The highest BCUT2D eigenvalue weighted by molar-refractivity contribution is 7.89. The minimum absolute atomic E-state index is 0.122. The van der Waals surface area contributed by atoms with E-state index >= 15 is 0 Å². The first-order valence-electron chi connectivity index (χ1n) is 8.82. The van der Waals surface area contributed by atoms with Crippen LogP contribution in [0.1, 0.15) is 34.3 Å². The molecule has 0 bridgehead atoms. The minimum Gasteiger partial charge on any atom is -0.283 e. The summed E-state index contributed by atoms with van der Waals surface area (Å²) in [5.74, 6) is -0.217. The predicted octanol–water partition coefficient (Wildman–Crippen LogP) is 1.96. The molecule has 2 aliphatic heterocycles. The SMILES string of the molecule is N=C1c2ccccc2CN1NC(=O)c1cccc(S(=O)(=O)N2CCCC2)c1. The van der Waals surface area contributed by atoms with Crippen LogP contribution in [0.15, 0.2) is 53.4 Å². The van der Waals surface area contributed by atoms with E-state index in [0.29, 0.717) is 19.6 Å². The Morgan fingerprint density at radius 1 is 1.04 bits per heavy atom. The normalized spacial score (nSPS) is 17.2. The predicted molar refractivity (Wildman–Crippen MR) is 101 cm³/mol. The fraction of sp³-hybridized carbons (Fsp3) is 0.263. The third kappa shape index (κ3) is 3.22. The number of carbonyl (C=O) groups excluding carboxylic acids is 1. The molecule has 0 spiro atoms. The van der Waals surface area contributed by atoms with E-state index in [-0.39, 0.29) is 16.3 Å². The molecule has 1 amide bonds. The average molecular weight is 384 g/mol. The number of amidine groups is 1. The molecule has 1 fully saturated rings. The molecule has 0 atom stereocenters. The summed E-state index contributed by atoms with van der Waals surface area (Å²) >= 11 is 0. The molecule has 0 aromatic heterocycles. The van der Waals surface area contributed by atoms with Crippen molar-refractivity contribution in [2.45, 2.75) is 24.3 Å². The van der Waals surface area contributed by atoms with Crippen molar-refractivity contribution >= 4 is 21.8 Å². The van der Waals surface area contributed by atoms with Gasteiger partial charge in [0.2, 0.25) is 10.0 Å². The number of hydrazine groups is 1. The van der Waals surface area contributed by atoms with Gasteiger partial charge in [0.25, 0.3) is 5.91 Å². The Kier molecular flexibility index (Phi) is 4.45. The summed E-state index contributed by atoms with van der Waals surface area (Å²) in [5.41, 5.74) is 4.70. The summed E-state index contributed by atoms with van der Waals surface area (Å²) in [7, 11) is -3.58. The Labute approximate surface area is 158 Å². The summed E-state index contributed by atoms with van der Waals surface area (Å²) < 4.78 is 26.9. The van der Waals surface area contributed by atoms with Crippen LogP contribution in [0, 0.1) is 5.41 Å². The lowest BCUT2D eigenvalue weighted by Crippen LogP contribution is -2.42. The molecular weight excluding hydrogens is 364 g/mol. The Balaban J connectivity index is 1.53. The molecule has 140 valence electrons. The largest absolute Gasteiger partial charge is 0.283 e. The summed E-state index contributed by atoms with van der Waals surface area (Å²) in [6, 6.07) is 13.6. The quantitative estimate of drug-likeness (QED) is 0.843. The van der Waals surface area contributed by atoms with Crippen molar-refractivity contribution in [1.29, 1.82) is 5.41 Å². The first-order chi connectivity index (χ1) is 13.0. The zero-order valence-electron chi connectivity index (χ0n) is 14.7. The molecule has 0 unspecified atom stereocenters. The number of fused-ring (bicyclic) bond motifs is 1. The highest BCUT2D eigenvalue weighted by atomic mass is 32.2. The Hall–Kier alpha value is -2.71. The van der Waals surface area contributed by atoms with Crippen molar-refractivity contribution < 1.29 is 13.2 Å². The minimum atomic E-state index is -3.58. The van der Waals surface area contributed by atoms with Crippen LogP contribution in [0.3, 0.4) is 0 Å².